The van der Waals surface area contributed by atoms with Crippen LogP contribution >= 0.6 is 27.5 Å². The third-order valence-electron chi connectivity index (χ3n) is 2.02. The summed E-state index contributed by atoms with van der Waals surface area (Å²) in [4.78, 5) is 32.9. The van der Waals surface area contributed by atoms with Gasteiger partial charge in [0.15, 0.2) is 0 Å². The van der Waals surface area contributed by atoms with Crippen LogP contribution in [-0.2, 0) is 9.59 Å². The van der Waals surface area contributed by atoms with Crippen LogP contribution in [0.3, 0.4) is 0 Å². The summed E-state index contributed by atoms with van der Waals surface area (Å²) in [5.74, 6) is -1.77. The van der Waals surface area contributed by atoms with Gasteiger partial charge in [-0.3, -0.25) is 9.59 Å². The van der Waals surface area contributed by atoms with Crippen molar-refractivity contribution in [2.24, 2.45) is 0 Å². The number of nitrogens with one attached hydrogen (secondary N) is 3. The molecule has 0 aliphatic rings. The van der Waals surface area contributed by atoms with Gasteiger partial charge in [-0.2, -0.15) is 0 Å². The van der Waals surface area contributed by atoms with Crippen LogP contribution in [0.4, 0.5) is 10.5 Å². The first kappa shape index (κ1) is 16.3. The van der Waals surface area contributed by atoms with Crippen LogP contribution in [0.15, 0.2) is 22.7 Å². The highest BCUT2D eigenvalue weighted by Gasteiger charge is 2.08. The maximum atomic E-state index is 11.5. The molecule has 20 heavy (non-hydrogen) atoms. The Morgan fingerprint density at radius 1 is 1.20 bits per heavy atom. The molecule has 0 atom stereocenters. The summed E-state index contributed by atoms with van der Waals surface area (Å²) in [5, 5.41) is 15.5. The summed E-state index contributed by atoms with van der Waals surface area (Å²) in [6.07, 6.45) is 0. The van der Waals surface area contributed by atoms with Crippen molar-refractivity contribution in [1.82, 2.24) is 10.6 Å². The predicted octanol–water partition coefficient (Wildman–Crippen LogP) is 1.42. The topological polar surface area (TPSA) is 108 Å². The fraction of sp³-hybridized carbons (Fsp3) is 0.182. The van der Waals surface area contributed by atoms with Crippen LogP contribution in [-0.4, -0.2) is 36.1 Å². The SMILES string of the molecule is O=C(O)CNC(=O)CNC(=O)Nc1cc(Br)ccc1Cl. The molecule has 9 heteroatoms. The van der Waals surface area contributed by atoms with Crippen molar-refractivity contribution in [2.75, 3.05) is 18.4 Å². The third-order valence-corrected chi connectivity index (χ3v) is 2.85. The fourth-order valence-corrected chi connectivity index (χ4v) is 1.68. The number of carbonyl (C=O) groups excluding carboxylic acids is 2. The van der Waals surface area contributed by atoms with Gasteiger partial charge < -0.3 is 21.1 Å². The number of hydrogen-bond donors (Lipinski definition) is 4. The Morgan fingerprint density at radius 3 is 2.55 bits per heavy atom. The third kappa shape index (κ3) is 5.89. The van der Waals surface area contributed by atoms with Crippen LogP contribution in [0.5, 0.6) is 0 Å². The normalized spacial score (nSPS) is 9.70. The quantitative estimate of drug-likeness (QED) is 0.634. The lowest BCUT2D eigenvalue weighted by Crippen LogP contribution is -2.40. The number of anilines is 1. The highest BCUT2D eigenvalue weighted by Crippen LogP contribution is 2.25. The van der Waals surface area contributed by atoms with Crippen LogP contribution in [0.25, 0.3) is 0 Å². The van der Waals surface area contributed by atoms with Crippen LogP contribution < -0.4 is 16.0 Å². The maximum Gasteiger partial charge on any atom is 0.322 e. The van der Waals surface area contributed by atoms with E-state index < -0.39 is 24.5 Å². The Bertz CT molecular complexity index is 538. The van der Waals surface area contributed by atoms with E-state index in [0.717, 1.165) is 4.47 Å². The molecule has 1 rings (SSSR count). The lowest BCUT2D eigenvalue weighted by molar-refractivity contribution is -0.137. The standard InChI is InChI=1S/C11H11BrClN3O4/c12-6-1-2-7(13)8(3-6)16-11(20)15-4-9(17)14-5-10(18)19/h1-3H,4-5H2,(H,14,17)(H,18,19)(H2,15,16,20). The van der Waals surface area contributed by atoms with E-state index in [1.807, 2.05) is 0 Å². The van der Waals surface area contributed by atoms with Gasteiger partial charge in [0.1, 0.15) is 6.54 Å². The Balaban J connectivity index is 2.42. The first-order valence-corrected chi connectivity index (χ1v) is 6.54. The molecule has 0 aromatic heterocycles. The Hall–Kier alpha value is -1.80. The molecule has 0 spiro atoms. The first-order valence-electron chi connectivity index (χ1n) is 5.37. The smallest absolute Gasteiger partial charge is 0.322 e. The number of rotatable bonds is 5. The van der Waals surface area contributed by atoms with E-state index in [9.17, 15) is 14.4 Å². The minimum atomic E-state index is -1.16. The summed E-state index contributed by atoms with van der Waals surface area (Å²) < 4.78 is 0.733. The second-order valence-corrected chi connectivity index (χ2v) is 4.93. The average Bonchev–Trinajstić information content (AvgIpc) is 2.38. The summed E-state index contributed by atoms with van der Waals surface area (Å²) in [7, 11) is 0. The molecule has 0 fully saturated rings. The number of aliphatic carboxylic acids is 1. The van der Waals surface area contributed by atoms with E-state index in [4.69, 9.17) is 16.7 Å². The molecular weight excluding hydrogens is 353 g/mol. The van der Waals surface area contributed by atoms with Crippen molar-refractivity contribution >= 4 is 51.1 Å². The molecule has 0 heterocycles. The zero-order valence-corrected chi connectivity index (χ0v) is 12.4. The monoisotopic (exact) mass is 363 g/mol. The lowest BCUT2D eigenvalue weighted by Gasteiger charge is -2.09. The Labute approximate surface area is 127 Å². The van der Waals surface area contributed by atoms with Crippen molar-refractivity contribution < 1.29 is 19.5 Å². The van der Waals surface area contributed by atoms with Crippen molar-refractivity contribution in [3.63, 3.8) is 0 Å². The van der Waals surface area contributed by atoms with E-state index >= 15 is 0 Å². The maximum absolute atomic E-state index is 11.5. The molecule has 0 bridgehead atoms. The zero-order chi connectivity index (χ0) is 15.1. The number of halogens is 2. The molecule has 108 valence electrons. The van der Waals surface area contributed by atoms with Crippen molar-refractivity contribution in [3.05, 3.63) is 27.7 Å². The molecule has 1 aromatic carbocycles. The molecule has 0 unspecified atom stereocenters. The highest BCUT2D eigenvalue weighted by atomic mass is 79.9. The van der Waals surface area contributed by atoms with Gasteiger partial charge in [0.25, 0.3) is 0 Å². The molecular formula is C11H11BrClN3O4. The van der Waals surface area contributed by atoms with Crippen molar-refractivity contribution in [2.45, 2.75) is 0 Å². The summed E-state index contributed by atoms with van der Waals surface area (Å²) in [6, 6.07) is 4.29. The Kier molecular flexibility index (Phi) is 6.26. The largest absolute Gasteiger partial charge is 0.480 e. The first-order chi connectivity index (χ1) is 9.38. The molecule has 1 aromatic rings. The van der Waals surface area contributed by atoms with E-state index in [-0.39, 0.29) is 6.54 Å². The summed E-state index contributed by atoms with van der Waals surface area (Å²) in [6.45, 7) is -0.843. The van der Waals surface area contributed by atoms with Crippen molar-refractivity contribution in [3.8, 4) is 0 Å². The zero-order valence-electron chi connectivity index (χ0n) is 10.1. The molecule has 0 saturated carbocycles. The van der Waals surface area contributed by atoms with Gasteiger partial charge in [0.05, 0.1) is 17.3 Å². The number of urea groups is 1. The van der Waals surface area contributed by atoms with E-state index in [2.05, 4.69) is 31.9 Å². The second-order valence-electron chi connectivity index (χ2n) is 3.60. The molecule has 3 amide bonds. The molecule has 0 aliphatic heterocycles. The van der Waals surface area contributed by atoms with Gasteiger partial charge in [0.2, 0.25) is 5.91 Å². The van der Waals surface area contributed by atoms with Crippen LogP contribution in [0.1, 0.15) is 0 Å². The lowest BCUT2D eigenvalue weighted by atomic mass is 10.3. The minimum absolute atomic E-state index is 0.343. The Morgan fingerprint density at radius 2 is 1.90 bits per heavy atom. The van der Waals surface area contributed by atoms with Gasteiger partial charge in [0, 0.05) is 4.47 Å². The van der Waals surface area contributed by atoms with Gasteiger partial charge in [-0.05, 0) is 18.2 Å². The number of hydrogen-bond acceptors (Lipinski definition) is 3. The van der Waals surface area contributed by atoms with E-state index in [1.54, 1.807) is 18.2 Å². The van der Waals surface area contributed by atoms with Gasteiger partial charge in [-0.15, -0.1) is 0 Å². The number of carboxylic acids is 1. The molecule has 7 nitrogen and oxygen atoms in total. The average molecular weight is 365 g/mol. The minimum Gasteiger partial charge on any atom is -0.480 e. The number of carbonyl (C=O) groups is 3. The van der Waals surface area contributed by atoms with Crippen LogP contribution in [0.2, 0.25) is 5.02 Å². The van der Waals surface area contributed by atoms with Crippen LogP contribution in [0, 0.1) is 0 Å². The predicted molar refractivity (Wildman–Crippen MR) is 76.8 cm³/mol. The second kappa shape index (κ2) is 7.71. The summed E-state index contributed by atoms with van der Waals surface area (Å²) >= 11 is 9.11. The molecule has 0 radical (unpaired) electrons. The number of carboxylic acid groups (broad SMARTS) is 1. The van der Waals surface area contributed by atoms with Gasteiger partial charge in [-0.25, -0.2) is 4.79 Å². The summed E-state index contributed by atoms with van der Waals surface area (Å²) in [5.41, 5.74) is 0.379. The molecule has 0 aliphatic carbocycles. The van der Waals surface area contributed by atoms with Crippen molar-refractivity contribution in [1.29, 1.82) is 0 Å². The van der Waals surface area contributed by atoms with Gasteiger partial charge >= 0.3 is 12.0 Å². The number of benzene rings is 1. The molecule has 0 saturated heterocycles. The van der Waals surface area contributed by atoms with E-state index in [0.29, 0.717) is 10.7 Å². The fourth-order valence-electron chi connectivity index (χ4n) is 1.16. The van der Waals surface area contributed by atoms with E-state index in [1.165, 1.54) is 0 Å². The molecule has 4 N–H and O–H groups in total. The van der Waals surface area contributed by atoms with Gasteiger partial charge in [-0.1, -0.05) is 27.5 Å². The highest BCUT2D eigenvalue weighted by molar-refractivity contribution is 9.10. The number of amides is 3.